The van der Waals surface area contributed by atoms with Crippen molar-refractivity contribution < 1.29 is 4.39 Å². The lowest BCUT2D eigenvalue weighted by Gasteiger charge is -2.28. The standard InChI is InChI=1S/C16H17Br2FN2/c1-21(10-12-4-2-3-5-13(12)17)16(9-20)11-6-7-14(18)15(19)8-11/h2-8,16H,9-10,20H2,1H3. The van der Waals surface area contributed by atoms with Crippen LogP contribution >= 0.6 is 31.9 Å². The number of rotatable bonds is 5. The lowest BCUT2D eigenvalue weighted by molar-refractivity contribution is 0.241. The molecule has 0 aliphatic heterocycles. The Bertz CT molecular complexity index is 619. The smallest absolute Gasteiger partial charge is 0.137 e. The van der Waals surface area contributed by atoms with Crippen molar-refractivity contribution in [3.05, 3.63) is 68.4 Å². The van der Waals surface area contributed by atoms with Gasteiger partial charge in [0.25, 0.3) is 0 Å². The molecule has 0 aliphatic rings. The Morgan fingerprint density at radius 1 is 1.14 bits per heavy atom. The van der Waals surface area contributed by atoms with Gasteiger partial charge >= 0.3 is 0 Å². The van der Waals surface area contributed by atoms with Crippen molar-refractivity contribution in [3.8, 4) is 0 Å². The molecule has 2 nitrogen and oxygen atoms in total. The lowest BCUT2D eigenvalue weighted by atomic mass is 10.0. The van der Waals surface area contributed by atoms with Crippen LogP contribution in [0.2, 0.25) is 0 Å². The van der Waals surface area contributed by atoms with E-state index in [-0.39, 0.29) is 11.9 Å². The summed E-state index contributed by atoms with van der Waals surface area (Å²) in [4.78, 5) is 2.13. The Labute approximate surface area is 141 Å². The van der Waals surface area contributed by atoms with Crippen molar-refractivity contribution in [3.63, 3.8) is 0 Å². The van der Waals surface area contributed by atoms with Crippen LogP contribution in [0.4, 0.5) is 4.39 Å². The first kappa shape index (κ1) is 16.6. The van der Waals surface area contributed by atoms with E-state index < -0.39 is 0 Å². The topological polar surface area (TPSA) is 29.3 Å². The maximum Gasteiger partial charge on any atom is 0.137 e. The van der Waals surface area contributed by atoms with Gasteiger partial charge in [-0.1, -0.05) is 40.2 Å². The minimum Gasteiger partial charge on any atom is -0.329 e. The molecule has 21 heavy (non-hydrogen) atoms. The van der Waals surface area contributed by atoms with Gasteiger partial charge in [-0.2, -0.15) is 0 Å². The molecule has 1 unspecified atom stereocenters. The van der Waals surface area contributed by atoms with Crippen molar-refractivity contribution in [1.82, 2.24) is 4.90 Å². The second-order valence-corrected chi connectivity index (χ2v) is 6.64. The summed E-state index contributed by atoms with van der Waals surface area (Å²) in [5.74, 6) is -0.264. The molecular weight excluding hydrogens is 399 g/mol. The lowest BCUT2D eigenvalue weighted by Crippen LogP contribution is -2.30. The highest BCUT2D eigenvalue weighted by atomic mass is 79.9. The molecule has 0 aromatic heterocycles. The quantitative estimate of drug-likeness (QED) is 0.779. The molecule has 2 rings (SSSR count). The highest BCUT2D eigenvalue weighted by molar-refractivity contribution is 9.10. The molecule has 0 fully saturated rings. The maximum absolute atomic E-state index is 13.7. The number of halogens is 3. The fraction of sp³-hybridized carbons (Fsp3) is 0.250. The predicted molar refractivity (Wildman–Crippen MR) is 91.5 cm³/mol. The SMILES string of the molecule is CN(Cc1ccccc1Br)C(CN)c1ccc(Br)c(F)c1. The van der Waals surface area contributed by atoms with E-state index in [1.165, 1.54) is 11.6 Å². The summed E-state index contributed by atoms with van der Waals surface area (Å²) in [7, 11) is 2.00. The second kappa shape index (κ2) is 7.49. The Balaban J connectivity index is 2.20. The number of nitrogens with zero attached hydrogens (tertiary/aromatic N) is 1. The minimum absolute atomic E-state index is 0.0280. The predicted octanol–water partition coefficient (Wildman–Crippen LogP) is 4.48. The van der Waals surface area contributed by atoms with Gasteiger partial charge in [-0.25, -0.2) is 4.39 Å². The van der Waals surface area contributed by atoms with Crippen LogP contribution in [0.1, 0.15) is 17.2 Å². The third kappa shape index (κ3) is 4.13. The van der Waals surface area contributed by atoms with E-state index in [0.29, 0.717) is 11.0 Å². The van der Waals surface area contributed by atoms with Crippen LogP contribution in [0, 0.1) is 5.82 Å². The summed E-state index contributed by atoms with van der Waals surface area (Å²) in [5.41, 5.74) is 7.96. The summed E-state index contributed by atoms with van der Waals surface area (Å²) in [6, 6.07) is 13.2. The number of hydrogen-bond donors (Lipinski definition) is 1. The zero-order valence-electron chi connectivity index (χ0n) is 11.7. The monoisotopic (exact) mass is 414 g/mol. The molecule has 0 spiro atoms. The number of hydrogen-bond acceptors (Lipinski definition) is 2. The average molecular weight is 416 g/mol. The molecule has 0 aliphatic carbocycles. The Kier molecular flexibility index (Phi) is 5.93. The van der Waals surface area contributed by atoms with Crippen LogP contribution in [0.3, 0.4) is 0 Å². The third-order valence-corrected chi connectivity index (χ3v) is 4.88. The Morgan fingerprint density at radius 3 is 2.48 bits per heavy atom. The zero-order chi connectivity index (χ0) is 15.4. The van der Waals surface area contributed by atoms with E-state index in [2.05, 4.69) is 42.8 Å². The van der Waals surface area contributed by atoms with Crippen LogP contribution in [0.15, 0.2) is 51.4 Å². The van der Waals surface area contributed by atoms with Gasteiger partial charge < -0.3 is 5.73 Å². The molecular formula is C16H17Br2FN2. The summed E-state index contributed by atoms with van der Waals surface area (Å²) in [6.45, 7) is 1.17. The van der Waals surface area contributed by atoms with Gasteiger partial charge in [-0.3, -0.25) is 4.90 Å². The average Bonchev–Trinajstić information content (AvgIpc) is 2.46. The Morgan fingerprint density at radius 2 is 1.86 bits per heavy atom. The normalized spacial score (nSPS) is 12.7. The molecule has 2 aromatic rings. The molecule has 1 atom stereocenters. The van der Waals surface area contributed by atoms with Gasteiger partial charge in [-0.15, -0.1) is 0 Å². The maximum atomic E-state index is 13.7. The van der Waals surface area contributed by atoms with E-state index in [1.807, 2.05) is 31.3 Å². The van der Waals surface area contributed by atoms with Crippen molar-refractivity contribution in [1.29, 1.82) is 0 Å². The molecule has 0 bridgehead atoms. The number of nitrogens with two attached hydrogens (primary N) is 1. The van der Waals surface area contributed by atoms with Gasteiger partial charge in [0.05, 0.1) is 4.47 Å². The van der Waals surface area contributed by atoms with Gasteiger partial charge in [-0.05, 0) is 52.3 Å². The molecule has 0 saturated carbocycles. The fourth-order valence-electron chi connectivity index (χ4n) is 2.30. The number of likely N-dealkylation sites (N-methyl/N-ethyl adjacent to an activating group) is 1. The fourth-order valence-corrected chi connectivity index (χ4v) is 2.95. The first-order valence-electron chi connectivity index (χ1n) is 6.61. The molecule has 0 heterocycles. The Hall–Kier alpha value is -0.750. The van der Waals surface area contributed by atoms with E-state index in [9.17, 15) is 4.39 Å². The summed E-state index contributed by atoms with van der Waals surface area (Å²) in [5, 5.41) is 0. The summed E-state index contributed by atoms with van der Waals surface area (Å²) in [6.07, 6.45) is 0. The zero-order valence-corrected chi connectivity index (χ0v) is 14.9. The van der Waals surface area contributed by atoms with E-state index in [0.717, 1.165) is 16.6 Å². The van der Waals surface area contributed by atoms with Gasteiger partial charge in [0.2, 0.25) is 0 Å². The molecule has 0 saturated heterocycles. The van der Waals surface area contributed by atoms with Gasteiger partial charge in [0, 0.05) is 23.6 Å². The van der Waals surface area contributed by atoms with Crippen LogP contribution in [-0.4, -0.2) is 18.5 Å². The third-order valence-electron chi connectivity index (χ3n) is 3.46. The van der Waals surface area contributed by atoms with Crippen LogP contribution in [-0.2, 0) is 6.54 Å². The molecule has 112 valence electrons. The molecule has 5 heteroatoms. The molecule has 2 N–H and O–H groups in total. The molecule has 0 radical (unpaired) electrons. The van der Waals surface area contributed by atoms with Crippen molar-refractivity contribution >= 4 is 31.9 Å². The molecule has 2 aromatic carbocycles. The largest absolute Gasteiger partial charge is 0.329 e. The first-order valence-corrected chi connectivity index (χ1v) is 8.20. The first-order chi connectivity index (χ1) is 10.0. The van der Waals surface area contributed by atoms with Crippen molar-refractivity contribution in [2.24, 2.45) is 5.73 Å². The summed E-state index contributed by atoms with van der Waals surface area (Å²) < 4.78 is 15.2. The minimum atomic E-state index is -0.264. The van der Waals surface area contributed by atoms with Crippen molar-refractivity contribution in [2.75, 3.05) is 13.6 Å². The number of benzene rings is 2. The van der Waals surface area contributed by atoms with Crippen LogP contribution in [0.5, 0.6) is 0 Å². The van der Waals surface area contributed by atoms with Gasteiger partial charge in [0.15, 0.2) is 0 Å². The van der Waals surface area contributed by atoms with E-state index >= 15 is 0 Å². The van der Waals surface area contributed by atoms with E-state index in [4.69, 9.17) is 5.73 Å². The molecule has 0 amide bonds. The highest BCUT2D eigenvalue weighted by Crippen LogP contribution is 2.26. The van der Waals surface area contributed by atoms with Crippen molar-refractivity contribution in [2.45, 2.75) is 12.6 Å². The summed E-state index contributed by atoms with van der Waals surface area (Å²) >= 11 is 6.72. The van der Waals surface area contributed by atoms with Crippen LogP contribution in [0.25, 0.3) is 0 Å². The van der Waals surface area contributed by atoms with Gasteiger partial charge in [0.1, 0.15) is 5.82 Å². The van der Waals surface area contributed by atoms with E-state index in [1.54, 1.807) is 6.07 Å². The second-order valence-electron chi connectivity index (χ2n) is 4.93. The highest BCUT2D eigenvalue weighted by Gasteiger charge is 2.17. The van der Waals surface area contributed by atoms with Crippen LogP contribution < -0.4 is 5.73 Å².